The minimum atomic E-state index is 0.302. The maximum Gasteiger partial charge on any atom is 0.222 e. The number of hydrogen-bond donors (Lipinski definition) is 1. The highest BCUT2D eigenvalue weighted by Crippen LogP contribution is 2.29. The van der Waals surface area contributed by atoms with Crippen LogP contribution in [-0.4, -0.2) is 36.5 Å². The van der Waals surface area contributed by atoms with Gasteiger partial charge in [-0.1, -0.05) is 19.8 Å². The summed E-state index contributed by atoms with van der Waals surface area (Å²) in [6, 6.07) is 1.23. The maximum atomic E-state index is 11.4. The van der Waals surface area contributed by atoms with E-state index in [1.807, 2.05) is 11.9 Å². The van der Waals surface area contributed by atoms with E-state index in [-0.39, 0.29) is 0 Å². The second-order valence-corrected chi connectivity index (χ2v) is 5.38. The zero-order valence-electron chi connectivity index (χ0n) is 10.5. The molecule has 0 aromatic carbocycles. The first-order chi connectivity index (χ1) is 7.70. The van der Waals surface area contributed by atoms with Crippen LogP contribution in [0.1, 0.15) is 45.4 Å². The van der Waals surface area contributed by atoms with E-state index in [1.54, 1.807) is 0 Å². The van der Waals surface area contributed by atoms with Gasteiger partial charge in [0.2, 0.25) is 5.91 Å². The Balaban J connectivity index is 1.83. The van der Waals surface area contributed by atoms with E-state index < -0.39 is 0 Å². The van der Waals surface area contributed by atoms with Crippen molar-refractivity contribution in [3.63, 3.8) is 0 Å². The van der Waals surface area contributed by atoms with Gasteiger partial charge < -0.3 is 10.2 Å². The molecule has 0 bridgehead atoms. The molecule has 0 spiro atoms. The molecule has 3 heteroatoms. The largest absolute Gasteiger partial charge is 0.344 e. The molecule has 1 heterocycles. The topological polar surface area (TPSA) is 32.3 Å². The number of rotatable bonds is 3. The SMILES string of the molecule is CCC1CCCC1NC1CCC(=O)N(C)C1. The summed E-state index contributed by atoms with van der Waals surface area (Å²) in [5.41, 5.74) is 0. The summed E-state index contributed by atoms with van der Waals surface area (Å²) in [6.07, 6.45) is 7.12. The van der Waals surface area contributed by atoms with Crippen molar-refractivity contribution in [2.45, 2.75) is 57.5 Å². The average molecular weight is 224 g/mol. The van der Waals surface area contributed by atoms with Crippen molar-refractivity contribution in [2.24, 2.45) is 5.92 Å². The lowest BCUT2D eigenvalue weighted by Crippen LogP contribution is -2.50. The van der Waals surface area contributed by atoms with Crippen molar-refractivity contribution in [1.29, 1.82) is 0 Å². The molecule has 3 unspecified atom stereocenters. The van der Waals surface area contributed by atoms with Gasteiger partial charge in [-0.2, -0.15) is 0 Å². The number of carbonyl (C=O) groups is 1. The van der Waals surface area contributed by atoms with Gasteiger partial charge in [0.05, 0.1) is 0 Å². The van der Waals surface area contributed by atoms with Gasteiger partial charge >= 0.3 is 0 Å². The molecule has 2 rings (SSSR count). The molecule has 3 nitrogen and oxygen atoms in total. The molecule has 16 heavy (non-hydrogen) atoms. The highest BCUT2D eigenvalue weighted by atomic mass is 16.2. The van der Waals surface area contributed by atoms with Gasteiger partial charge in [-0.3, -0.25) is 4.79 Å². The minimum absolute atomic E-state index is 0.302. The Labute approximate surface area is 98.6 Å². The third kappa shape index (κ3) is 2.57. The molecule has 2 fully saturated rings. The molecule has 1 N–H and O–H groups in total. The van der Waals surface area contributed by atoms with E-state index in [0.29, 0.717) is 18.0 Å². The summed E-state index contributed by atoms with van der Waals surface area (Å²) in [5, 5.41) is 3.78. The van der Waals surface area contributed by atoms with Crippen molar-refractivity contribution in [2.75, 3.05) is 13.6 Å². The highest BCUT2D eigenvalue weighted by Gasteiger charge is 2.30. The summed E-state index contributed by atoms with van der Waals surface area (Å²) in [7, 11) is 1.92. The van der Waals surface area contributed by atoms with Gasteiger partial charge in [0.15, 0.2) is 0 Å². The second kappa shape index (κ2) is 5.17. The fourth-order valence-corrected chi connectivity index (χ4v) is 3.20. The van der Waals surface area contributed by atoms with Crippen molar-refractivity contribution < 1.29 is 4.79 Å². The van der Waals surface area contributed by atoms with Gasteiger partial charge in [-0.05, 0) is 25.2 Å². The molecule has 1 saturated heterocycles. The summed E-state index contributed by atoms with van der Waals surface area (Å²) in [5.74, 6) is 1.17. The van der Waals surface area contributed by atoms with Gasteiger partial charge in [-0.25, -0.2) is 0 Å². The summed E-state index contributed by atoms with van der Waals surface area (Å²) in [4.78, 5) is 13.3. The normalized spacial score (nSPS) is 35.8. The molecule has 0 radical (unpaired) electrons. The van der Waals surface area contributed by atoms with Crippen LogP contribution in [0.4, 0.5) is 0 Å². The summed E-state index contributed by atoms with van der Waals surface area (Å²) < 4.78 is 0. The third-order valence-electron chi connectivity index (χ3n) is 4.26. The van der Waals surface area contributed by atoms with E-state index in [0.717, 1.165) is 25.3 Å². The molecule has 1 amide bonds. The van der Waals surface area contributed by atoms with Crippen LogP contribution in [0.2, 0.25) is 0 Å². The Morgan fingerprint density at radius 1 is 1.38 bits per heavy atom. The number of likely N-dealkylation sites (tertiary alicyclic amines) is 1. The molecule has 0 aromatic heterocycles. The van der Waals surface area contributed by atoms with Crippen molar-refractivity contribution in [3.8, 4) is 0 Å². The first-order valence-corrected chi connectivity index (χ1v) is 6.70. The first kappa shape index (κ1) is 11.9. The van der Waals surface area contributed by atoms with E-state index in [4.69, 9.17) is 0 Å². The molecule has 1 aliphatic carbocycles. The van der Waals surface area contributed by atoms with Crippen molar-refractivity contribution >= 4 is 5.91 Å². The predicted octanol–water partition coefficient (Wildman–Crippen LogP) is 1.78. The number of piperidine rings is 1. The fourth-order valence-electron chi connectivity index (χ4n) is 3.20. The predicted molar refractivity (Wildman–Crippen MR) is 65.2 cm³/mol. The number of nitrogens with zero attached hydrogens (tertiary/aromatic N) is 1. The van der Waals surface area contributed by atoms with Gasteiger partial charge in [0.25, 0.3) is 0 Å². The molecule has 1 aliphatic heterocycles. The van der Waals surface area contributed by atoms with Gasteiger partial charge in [-0.15, -0.1) is 0 Å². The minimum Gasteiger partial charge on any atom is -0.344 e. The Bertz CT molecular complexity index is 254. The van der Waals surface area contributed by atoms with E-state index in [1.165, 1.54) is 25.7 Å². The van der Waals surface area contributed by atoms with E-state index in [2.05, 4.69) is 12.2 Å². The van der Waals surface area contributed by atoms with Crippen LogP contribution in [0, 0.1) is 5.92 Å². The Hall–Kier alpha value is -0.570. The summed E-state index contributed by atoms with van der Waals surface area (Å²) >= 11 is 0. The van der Waals surface area contributed by atoms with Crippen LogP contribution in [0.3, 0.4) is 0 Å². The maximum absolute atomic E-state index is 11.4. The lowest BCUT2D eigenvalue weighted by Gasteiger charge is -2.33. The number of amides is 1. The zero-order valence-corrected chi connectivity index (χ0v) is 10.5. The van der Waals surface area contributed by atoms with Gasteiger partial charge in [0, 0.05) is 32.1 Å². The van der Waals surface area contributed by atoms with Crippen LogP contribution in [0.15, 0.2) is 0 Å². The Kier molecular flexibility index (Phi) is 3.85. The molecule has 1 saturated carbocycles. The monoisotopic (exact) mass is 224 g/mol. The quantitative estimate of drug-likeness (QED) is 0.792. The number of nitrogens with one attached hydrogen (secondary N) is 1. The van der Waals surface area contributed by atoms with Crippen LogP contribution < -0.4 is 5.32 Å². The lowest BCUT2D eigenvalue weighted by atomic mass is 9.98. The fraction of sp³-hybridized carbons (Fsp3) is 0.923. The van der Waals surface area contributed by atoms with Crippen LogP contribution in [0.5, 0.6) is 0 Å². The third-order valence-corrected chi connectivity index (χ3v) is 4.26. The lowest BCUT2D eigenvalue weighted by molar-refractivity contribution is -0.132. The van der Waals surface area contributed by atoms with Gasteiger partial charge in [0.1, 0.15) is 0 Å². The summed E-state index contributed by atoms with van der Waals surface area (Å²) in [6.45, 7) is 3.19. The molecular weight excluding hydrogens is 200 g/mol. The highest BCUT2D eigenvalue weighted by molar-refractivity contribution is 5.76. The molecule has 92 valence electrons. The smallest absolute Gasteiger partial charge is 0.222 e. The average Bonchev–Trinajstić information content (AvgIpc) is 2.71. The number of likely N-dealkylation sites (N-methyl/N-ethyl adjacent to an activating group) is 1. The van der Waals surface area contributed by atoms with Crippen LogP contribution in [0.25, 0.3) is 0 Å². The van der Waals surface area contributed by atoms with Crippen LogP contribution >= 0.6 is 0 Å². The molecule has 0 aromatic rings. The molecular formula is C13H24N2O. The Morgan fingerprint density at radius 3 is 2.88 bits per heavy atom. The molecule has 3 atom stereocenters. The number of carbonyl (C=O) groups excluding carboxylic acids is 1. The Morgan fingerprint density at radius 2 is 2.19 bits per heavy atom. The second-order valence-electron chi connectivity index (χ2n) is 5.38. The zero-order chi connectivity index (χ0) is 11.5. The molecule has 2 aliphatic rings. The van der Waals surface area contributed by atoms with Crippen LogP contribution in [-0.2, 0) is 4.79 Å². The standard InChI is InChI=1S/C13H24N2O/c1-3-10-5-4-6-12(10)14-11-7-8-13(16)15(2)9-11/h10-12,14H,3-9H2,1-2H3. The van der Waals surface area contributed by atoms with E-state index >= 15 is 0 Å². The first-order valence-electron chi connectivity index (χ1n) is 6.70. The van der Waals surface area contributed by atoms with Crippen molar-refractivity contribution in [1.82, 2.24) is 10.2 Å². The van der Waals surface area contributed by atoms with Crippen molar-refractivity contribution in [3.05, 3.63) is 0 Å². The number of hydrogen-bond acceptors (Lipinski definition) is 2. The van der Waals surface area contributed by atoms with E-state index in [9.17, 15) is 4.79 Å².